The van der Waals surface area contributed by atoms with E-state index < -0.39 is 5.41 Å². The molecule has 0 saturated carbocycles. The van der Waals surface area contributed by atoms with E-state index in [9.17, 15) is 0 Å². The summed E-state index contributed by atoms with van der Waals surface area (Å²) in [5.41, 5.74) is 17.4. The first-order chi connectivity index (χ1) is 29.3. The second kappa shape index (κ2) is 12.2. The number of hydrogen-bond donors (Lipinski definition) is 0. The first kappa shape index (κ1) is 32.4. The van der Waals surface area contributed by atoms with Crippen LogP contribution in [-0.2, 0) is 5.41 Å². The first-order valence-electron chi connectivity index (χ1n) is 20.4. The number of anilines is 3. The normalized spacial score (nSPS) is 13.2. The molecule has 11 aromatic rings. The second-order valence-corrected chi connectivity index (χ2v) is 15.9. The molecule has 1 spiro atoms. The Balaban J connectivity index is 1.06. The Kier molecular flexibility index (Phi) is 6.68. The molecule has 13 rings (SSSR count). The molecule has 0 unspecified atom stereocenters. The number of nitrogens with zero attached hydrogens (tertiary/aromatic N) is 1. The standard InChI is InChI=1S/C57H35NO/c1-2-14-41-36(13-1)27-28-38-35-40(33-34-42(38)41)58(39-31-29-37(30-32-39)43-19-11-20-47-46-17-6-10-26-54(46)59-56(43)47)53-25-12-24-52-55(53)48-18-5-9-23-51(48)57(52)49-21-7-3-15-44(49)45-16-4-8-22-50(45)57/h1-35H. The number of furan rings is 1. The van der Waals surface area contributed by atoms with Crippen LogP contribution in [0, 0.1) is 0 Å². The summed E-state index contributed by atoms with van der Waals surface area (Å²) in [7, 11) is 0. The lowest BCUT2D eigenvalue weighted by Gasteiger charge is -2.32. The van der Waals surface area contributed by atoms with E-state index in [0.717, 1.165) is 50.1 Å². The van der Waals surface area contributed by atoms with Gasteiger partial charge >= 0.3 is 0 Å². The first-order valence-corrected chi connectivity index (χ1v) is 20.4. The molecule has 10 aromatic carbocycles. The van der Waals surface area contributed by atoms with Gasteiger partial charge in [-0.2, -0.15) is 0 Å². The van der Waals surface area contributed by atoms with Gasteiger partial charge in [0.2, 0.25) is 0 Å². The van der Waals surface area contributed by atoms with Crippen LogP contribution in [0.25, 0.3) is 76.9 Å². The van der Waals surface area contributed by atoms with Crippen LogP contribution in [0.4, 0.5) is 17.1 Å². The van der Waals surface area contributed by atoms with Crippen LogP contribution in [-0.4, -0.2) is 0 Å². The van der Waals surface area contributed by atoms with E-state index in [1.807, 2.05) is 6.07 Å². The molecule has 1 aromatic heterocycles. The Bertz CT molecular complexity index is 3470. The van der Waals surface area contributed by atoms with Gasteiger partial charge in [-0.25, -0.2) is 0 Å². The van der Waals surface area contributed by atoms with Crippen molar-refractivity contribution in [2.75, 3.05) is 4.90 Å². The van der Waals surface area contributed by atoms with Gasteiger partial charge in [-0.1, -0.05) is 176 Å². The molecule has 0 fully saturated rings. The van der Waals surface area contributed by atoms with Crippen molar-refractivity contribution in [3.8, 4) is 33.4 Å². The maximum absolute atomic E-state index is 6.49. The van der Waals surface area contributed by atoms with Crippen molar-refractivity contribution >= 4 is 60.5 Å². The van der Waals surface area contributed by atoms with E-state index in [4.69, 9.17) is 4.42 Å². The van der Waals surface area contributed by atoms with Gasteiger partial charge in [0.1, 0.15) is 11.2 Å². The zero-order valence-electron chi connectivity index (χ0n) is 32.1. The molecule has 274 valence electrons. The summed E-state index contributed by atoms with van der Waals surface area (Å²) in [4.78, 5) is 2.47. The van der Waals surface area contributed by atoms with Gasteiger partial charge in [0.15, 0.2) is 0 Å². The lowest BCUT2D eigenvalue weighted by atomic mass is 9.70. The summed E-state index contributed by atoms with van der Waals surface area (Å²) in [6, 6.07) is 78.1. The fourth-order valence-electron chi connectivity index (χ4n) is 10.6. The van der Waals surface area contributed by atoms with Crippen LogP contribution in [0.15, 0.2) is 217 Å². The fraction of sp³-hybridized carbons (Fsp3) is 0.0175. The van der Waals surface area contributed by atoms with Gasteiger partial charge < -0.3 is 9.32 Å². The molecular weight excluding hydrogens is 715 g/mol. The molecule has 0 atom stereocenters. The summed E-state index contributed by atoms with van der Waals surface area (Å²) in [5.74, 6) is 0. The highest BCUT2D eigenvalue weighted by molar-refractivity contribution is 6.11. The van der Waals surface area contributed by atoms with Gasteiger partial charge in [-0.05, 0) is 102 Å². The summed E-state index contributed by atoms with van der Waals surface area (Å²) in [5, 5.41) is 7.25. The van der Waals surface area contributed by atoms with Crippen molar-refractivity contribution < 1.29 is 4.42 Å². The molecule has 0 aliphatic heterocycles. The van der Waals surface area contributed by atoms with Crippen molar-refractivity contribution in [2.24, 2.45) is 0 Å². The van der Waals surface area contributed by atoms with E-state index in [2.05, 4.69) is 211 Å². The van der Waals surface area contributed by atoms with Crippen LogP contribution in [0.2, 0.25) is 0 Å². The molecule has 2 aliphatic carbocycles. The number of fused-ring (bicyclic) bond motifs is 16. The Morgan fingerprint density at radius 3 is 1.71 bits per heavy atom. The third kappa shape index (κ3) is 4.40. The molecule has 0 amide bonds. The molecule has 0 radical (unpaired) electrons. The fourth-order valence-corrected chi connectivity index (χ4v) is 10.6. The Labute approximate surface area is 341 Å². The van der Waals surface area contributed by atoms with Crippen LogP contribution in [0.3, 0.4) is 0 Å². The maximum atomic E-state index is 6.49. The monoisotopic (exact) mass is 749 g/mol. The zero-order chi connectivity index (χ0) is 38.7. The molecule has 59 heavy (non-hydrogen) atoms. The molecule has 2 nitrogen and oxygen atoms in total. The molecule has 0 N–H and O–H groups in total. The van der Waals surface area contributed by atoms with Gasteiger partial charge in [0.05, 0.1) is 11.1 Å². The van der Waals surface area contributed by atoms with Crippen molar-refractivity contribution in [1.82, 2.24) is 0 Å². The topological polar surface area (TPSA) is 16.4 Å². The number of rotatable bonds is 4. The van der Waals surface area contributed by atoms with Gasteiger partial charge in [-0.3, -0.25) is 0 Å². The smallest absolute Gasteiger partial charge is 0.143 e. The minimum Gasteiger partial charge on any atom is -0.455 e. The van der Waals surface area contributed by atoms with E-state index in [-0.39, 0.29) is 0 Å². The Hall–Kier alpha value is -7.68. The third-order valence-electron chi connectivity index (χ3n) is 13.1. The summed E-state index contributed by atoms with van der Waals surface area (Å²) < 4.78 is 6.49. The third-order valence-corrected chi connectivity index (χ3v) is 13.1. The zero-order valence-corrected chi connectivity index (χ0v) is 32.1. The lowest BCUT2D eigenvalue weighted by molar-refractivity contribution is 0.670. The Morgan fingerprint density at radius 2 is 0.915 bits per heavy atom. The quantitative estimate of drug-likeness (QED) is 0.167. The van der Waals surface area contributed by atoms with Gasteiger partial charge in [0.25, 0.3) is 0 Å². The summed E-state index contributed by atoms with van der Waals surface area (Å²) >= 11 is 0. The Morgan fingerprint density at radius 1 is 0.356 bits per heavy atom. The number of hydrogen-bond acceptors (Lipinski definition) is 2. The van der Waals surface area contributed by atoms with E-state index in [1.54, 1.807) is 0 Å². The SMILES string of the molecule is c1ccc2c(c1)-c1ccccc1C21c2ccccc2-c2c(N(c3ccc(-c4cccc5c4oc4ccccc45)cc3)c3ccc4c(ccc5ccccc54)c3)cccc21. The van der Waals surface area contributed by atoms with Crippen molar-refractivity contribution in [3.05, 3.63) is 235 Å². The maximum Gasteiger partial charge on any atom is 0.143 e. The second-order valence-electron chi connectivity index (χ2n) is 15.9. The summed E-state index contributed by atoms with van der Waals surface area (Å²) in [6.45, 7) is 0. The van der Waals surface area contributed by atoms with E-state index >= 15 is 0 Å². The summed E-state index contributed by atoms with van der Waals surface area (Å²) in [6.07, 6.45) is 0. The van der Waals surface area contributed by atoms with Crippen LogP contribution in [0.1, 0.15) is 22.3 Å². The predicted octanol–water partition coefficient (Wildman–Crippen LogP) is 15.4. The highest BCUT2D eigenvalue weighted by Gasteiger charge is 2.52. The van der Waals surface area contributed by atoms with Crippen LogP contribution < -0.4 is 4.90 Å². The minimum absolute atomic E-state index is 0.432. The van der Waals surface area contributed by atoms with E-state index in [0.29, 0.717) is 0 Å². The highest BCUT2D eigenvalue weighted by Crippen LogP contribution is 2.64. The highest BCUT2D eigenvalue weighted by atomic mass is 16.3. The predicted molar refractivity (Wildman–Crippen MR) is 245 cm³/mol. The molecule has 2 aliphatic rings. The van der Waals surface area contributed by atoms with Crippen molar-refractivity contribution in [2.45, 2.75) is 5.41 Å². The van der Waals surface area contributed by atoms with Gasteiger partial charge in [-0.15, -0.1) is 0 Å². The molecule has 0 saturated heterocycles. The van der Waals surface area contributed by atoms with E-state index in [1.165, 1.54) is 66.1 Å². The van der Waals surface area contributed by atoms with Crippen LogP contribution >= 0.6 is 0 Å². The molecule has 1 heterocycles. The minimum atomic E-state index is -0.432. The largest absolute Gasteiger partial charge is 0.455 e. The molecule has 2 heteroatoms. The van der Waals surface area contributed by atoms with Crippen molar-refractivity contribution in [1.29, 1.82) is 0 Å². The number of para-hydroxylation sites is 2. The number of benzene rings is 10. The van der Waals surface area contributed by atoms with Crippen LogP contribution in [0.5, 0.6) is 0 Å². The molecular formula is C57H35NO. The van der Waals surface area contributed by atoms with Crippen molar-refractivity contribution in [3.63, 3.8) is 0 Å². The lowest BCUT2D eigenvalue weighted by Crippen LogP contribution is -2.26. The average Bonchev–Trinajstić information content (AvgIpc) is 3.94. The average molecular weight is 750 g/mol. The molecule has 0 bridgehead atoms. The van der Waals surface area contributed by atoms with Gasteiger partial charge in [0, 0.05) is 33.3 Å².